The first-order chi connectivity index (χ1) is 27.7. The van der Waals surface area contributed by atoms with Gasteiger partial charge in [-0.25, -0.2) is 14.3 Å². The third kappa shape index (κ3) is 12.4. The number of aryl methyl sites for hydroxylation is 1. The SMILES string of the molecule is CCCC(CCCC(C)(NC=O)c1ccc(-c2ccccc2)cc1)NOC(=O)C(O)[C@H]1O[C@@H](n2cc(C)c(=O)[nH]c2=O)C[C@@H]1OP(OCCC#N)N(C(C)C)C(C)C. The summed E-state index contributed by atoms with van der Waals surface area (Å²) in [6.45, 7) is 13.6. The standard InChI is InChI=1S/C42H59N6O9P/c1-8-14-34(17-12-22-42(7,44-27-49)33-20-18-32(19-21-33)31-15-10-9-11-16-31)46-56-40(52)37(50)38-35(25-36(55-38)47-26-30(6)39(51)45-41(47)53)57-58(54-24-13-23-43)48(28(2)3)29(4)5/h9-11,15-16,18-21,26-29,34-38,46,50H,8,12-14,17,22,24-25H2,1-7H3,(H,44,49)(H,45,51,53)/t34?,35-,36+,37?,38-,42?,58?/m0/s1. The summed E-state index contributed by atoms with van der Waals surface area (Å²) in [5.74, 6) is -1.00. The number of aliphatic hydroxyl groups excluding tert-OH is 1. The van der Waals surface area contributed by atoms with Crippen molar-refractivity contribution in [2.45, 2.75) is 142 Å². The number of nitriles is 1. The highest BCUT2D eigenvalue weighted by Gasteiger charge is 2.47. The first-order valence-electron chi connectivity index (χ1n) is 20.0. The smallest absolute Gasteiger partial charge is 0.356 e. The number of hydrogen-bond acceptors (Lipinski definition) is 12. The van der Waals surface area contributed by atoms with Gasteiger partial charge in [0.25, 0.3) is 14.1 Å². The molecule has 58 heavy (non-hydrogen) atoms. The minimum atomic E-state index is -1.84. The molecule has 4 rings (SSSR count). The molecule has 0 bridgehead atoms. The van der Waals surface area contributed by atoms with Crippen LogP contribution in [0.1, 0.15) is 104 Å². The van der Waals surface area contributed by atoms with Crippen molar-refractivity contribution in [3.05, 3.63) is 92.8 Å². The summed E-state index contributed by atoms with van der Waals surface area (Å²) in [5.41, 5.74) is 4.37. The molecule has 1 fully saturated rings. The predicted molar refractivity (Wildman–Crippen MR) is 221 cm³/mol. The minimum Gasteiger partial charge on any atom is -0.379 e. The number of ether oxygens (including phenoxy) is 1. The van der Waals surface area contributed by atoms with Crippen molar-refractivity contribution in [3.8, 4) is 17.2 Å². The number of rotatable bonds is 23. The van der Waals surface area contributed by atoms with Crippen LogP contribution in [-0.4, -0.2) is 74.8 Å². The van der Waals surface area contributed by atoms with Crippen molar-refractivity contribution >= 4 is 20.9 Å². The second kappa shape index (κ2) is 22.2. The number of carbonyl (C=O) groups excluding carboxylic acids is 2. The second-order valence-corrected chi connectivity index (χ2v) is 16.8. The van der Waals surface area contributed by atoms with Crippen molar-refractivity contribution in [1.29, 1.82) is 5.26 Å². The number of amides is 1. The lowest BCUT2D eigenvalue weighted by molar-refractivity contribution is -0.175. The van der Waals surface area contributed by atoms with Crippen LogP contribution in [0.15, 0.2) is 70.4 Å². The Balaban J connectivity index is 1.47. The number of H-pyrrole nitrogens is 1. The molecule has 16 heteroatoms. The number of benzene rings is 2. The van der Waals surface area contributed by atoms with Gasteiger partial charge in [0, 0.05) is 36.3 Å². The van der Waals surface area contributed by atoms with Crippen molar-refractivity contribution in [2.24, 2.45) is 0 Å². The van der Waals surface area contributed by atoms with Crippen LogP contribution in [0, 0.1) is 18.3 Å². The average Bonchev–Trinajstić information content (AvgIpc) is 3.61. The van der Waals surface area contributed by atoms with E-state index < -0.39 is 55.8 Å². The van der Waals surface area contributed by atoms with E-state index in [4.69, 9.17) is 18.6 Å². The highest BCUT2D eigenvalue weighted by molar-refractivity contribution is 7.44. The average molecular weight is 823 g/mol. The van der Waals surface area contributed by atoms with E-state index in [-0.39, 0.29) is 43.1 Å². The van der Waals surface area contributed by atoms with Crippen molar-refractivity contribution in [3.63, 3.8) is 0 Å². The van der Waals surface area contributed by atoms with E-state index in [1.807, 2.05) is 101 Å². The summed E-state index contributed by atoms with van der Waals surface area (Å²) in [5, 5.41) is 23.7. The van der Waals surface area contributed by atoms with Gasteiger partial charge >= 0.3 is 11.7 Å². The van der Waals surface area contributed by atoms with Gasteiger partial charge in [-0.3, -0.25) is 19.1 Å². The minimum absolute atomic E-state index is 0.0271. The molecule has 316 valence electrons. The van der Waals surface area contributed by atoms with Gasteiger partial charge in [-0.15, -0.1) is 5.48 Å². The predicted octanol–water partition coefficient (Wildman–Crippen LogP) is 5.87. The summed E-state index contributed by atoms with van der Waals surface area (Å²) >= 11 is 0. The molecule has 1 aliphatic rings. The van der Waals surface area contributed by atoms with Gasteiger partial charge in [0.05, 0.1) is 30.7 Å². The molecule has 0 saturated carbocycles. The number of aliphatic hydroxyl groups is 1. The zero-order valence-corrected chi connectivity index (χ0v) is 35.4. The number of hydroxylamine groups is 1. The monoisotopic (exact) mass is 822 g/mol. The maximum absolute atomic E-state index is 13.6. The summed E-state index contributed by atoms with van der Waals surface area (Å²) in [6.07, 6.45) is 0.456. The maximum Gasteiger partial charge on any atom is 0.356 e. The highest BCUT2D eigenvalue weighted by atomic mass is 31.2. The van der Waals surface area contributed by atoms with Crippen molar-refractivity contribution < 1.29 is 33.3 Å². The molecule has 1 amide bonds. The molecule has 0 spiro atoms. The van der Waals surface area contributed by atoms with Crippen LogP contribution in [0.2, 0.25) is 0 Å². The fourth-order valence-electron chi connectivity index (χ4n) is 7.17. The first-order valence-corrected chi connectivity index (χ1v) is 21.1. The Morgan fingerprint density at radius 1 is 1.12 bits per heavy atom. The van der Waals surface area contributed by atoms with E-state index in [2.05, 4.69) is 21.9 Å². The Kier molecular flexibility index (Phi) is 17.8. The van der Waals surface area contributed by atoms with Crippen LogP contribution >= 0.6 is 8.53 Å². The van der Waals surface area contributed by atoms with Gasteiger partial charge in [-0.05, 0) is 83.9 Å². The number of aromatic nitrogens is 2. The molecule has 0 radical (unpaired) electrons. The molecule has 4 N–H and O–H groups in total. The Bertz CT molecular complexity index is 1910. The van der Waals surface area contributed by atoms with Gasteiger partial charge in [-0.1, -0.05) is 67.9 Å². The maximum atomic E-state index is 13.6. The quantitative estimate of drug-likeness (QED) is 0.0385. The van der Waals surface area contributed by atoms with Crippen molar-refractivity contribution in [1.82, 2.24) is 25.0 Å². The van der Waals surface area contributed by atoms with E-state index in [1.165, 1.54) is 10.8 Å². The van der Waals surface area contributed by atoms with Gasteiger partial charge in [0.15, 0.2) is 6.10 Å². The van der Waals surface area contributed by atoms with E-state index in [0.29, 0.717) is 32.1 Å². The van der Waals surface area contributed by atoms with Gasteiger partial charge in [0.2, 0.25) is 6.41 Å². The lowest BCUT2D eigenvalue weighted by Gasteiger charge is -2.37. The second-order valence-electron chi connectivity index (χ2n) is 15.4. The normalized spacial score (nSPS) is 19.4. The lowest BCUT2D eigenvalue weighted by atomic mass is 9.85. The van der Waals surface area contributed by atoms with Crippen LogP contribution in [-0.2, 0) is 33.7 Å². The Hall–Kier alpha value is -4.26. The van der Waals surface area contributed by atoms with E-state index >= 15 is 0 Å². The molecule has 1 aromatic heterocycles. The molecule has 1 aliphatic heterocycles. The van der Waals surface area contributed by atoms with Gasteiger partial charge < -0.3 is 29.0 Å². The molecule has 7 atom stereocenters. The number of hydrogen-bond donors (Lipinski definition) is 4. The Morgan fingerprint density at radius 3 is 2.41 bits per heavy atom. The lowest BCUT2D eigenvalue weighted by Crippen LogP contribution is -2.45. The fraction of sp³-hybridized carbons (Fsp3) is 0.548. The highest BCUT2D eigenvalue weighted by Crippen LogP contribution is 2.50. The van der Waals surface area contributed by atoms with Gasteiger partial charge in [-0.2, -0.15) is 5.26 Å². The van der Waals surface area contributed by atoms with Crippen LogP contribution in [0.4, 0.5) is 0 Å². The summed E-state index contributed by atoms with van der Waals surface area (Å²) < 4.78 is 22.0. The van der Waals surface area contributed by atoms with Crippen LogP contribution in [0.3, 0.4) is 0 Å². The van der Waals surface area contributed by atoms with Crippen LogP contribution in [0.25, 0.3) is 11.1 Å². The molecule has 3 aromatic rings. The largest absolute Gasteiger partial charge is 0.379 e. The Morgan fingerprint density at radius 2 is 1.79 bits per heavy atom. The molecule has 2 heterocycles. The number of nitrogens with one attached hydrogen (secondary N) is 3. The molecule has 15 nitrogen and oxygen atoms in total. The fourth-order valence-corrected chi connectivity index (χ4v) is 8.91. The zero-order chi connectivity index (χ0) is 42.4. The third-order valence-electron chi connectivity index (χ3n) is 10.2. The molecule has 1 saturated heterocycles. The number of nitrogens with zero attached hydrogens (tertiary/aromatic N) is 3. The third-order valence-corrected chi connectivity index (χ3v) is 12.4. The summed E-state index contributed by atoms with van der Waals surface area (Å²) in [7, 11) is -1.82. The van der Waals surface area contributed by atoms with Crippen LogP contribution in [0.5, 0.6) is 0 Å². The molecular weight excluding hydrogens is 763 g/mol. The number of aromatic amines is 1. The van der Waals surface area contributed by atoms with E-state index in [9.17, 15) is 29.5 Å². The number of carbonyl (C=O) groups is 2. The molecule has 4 unspecified atom stereocenters. The topological polar surface area (TPSA) is 197 Å². The van der Waals surface area contributed by atoms with Gasteiger partial charge in [0.1, 0.15) is 12.3 Å². The first kappa shape index (κ1) is 46.4. The van der Waals surface area contributed by atoms with Crippen LogP contribution < -0.4 is 22.0 Å². The Labute approximate surface area is 342 Å². The van der Waals surface area contributed by atoms with Crippen molar-refractivity contribution in [2.75, 3.05) is 6.61 Å². The molecule has 2 aromatic carbocycles. The zero-order valence-electron chi connectivity index (χ0n) is 34.6. The molecule has 0 aliphatic carbocycles. The summed E-state index contributed by atoms with van der Waals surface area (Å²) in [6, 6.07) is 19.9. The summed E-state index contributed by atoms with van der Waals surface area (Å²) in [4.78, 5) is 58.1. The molecular formula is C42H59N6O9P. The van der Waals surface area contributed by atoms with E-state index in [1.54, 1.807) is 6.92 Å². The van der Waals surface area contributed by atoms with E-state index in [0.717, 1.165) is 23.1 Å².